The molecule has 0 saturated heterocycles. The van der Waals surface area contributed by atoms with Crippen LogP contribution in [0.25, 0.3) is 0 Å². The molecule has 0 atom stereocenters. The van der Waals surface area contributed by atoms with Crippen molar-refractivity contribution in [1.29, 1.82) is 0 Å². The molecule has 0 unspecified atom stereocenters. The van der Waals surface area contributed by atoms with Gasteiger partial charge in [0.25, 0.3) is 0 Å². The van der Waals surface area contributed by atoms with Crippen LogP contribution in [0.1, 0.15) is 37.5 Å². The summed E-state index contributed by atoms with van der Waals surface area (Å²) in [4.78, 5) is 38.7. The van der Waals surface area contributed by atoms with Gasteiger partial charge >= 0.3 is 0 Å². The van der Waals surface area contributed by atoms with Crippen LogP contribution in [0.2, 0.25) is 5.02 Å². The molecule has 0 bridgehead atoms. The minimum absolute atomic E-state index is 0.191. The number of hydrogen-bond acceptors (Lipinski definition) is 3. The molecule has 0 aliphatic heterocycles. The summed E-state index contributed by atoms with van der Waals surface area (Å²) in [6, 6.07) is 23.6. The first-order valence-electron chi connectivity index (χ1n) is 8.53. The Morgan fingerprint density at radius 2 is 1.07 bits per heavy atom. The molecule has 0 radical (unpaired) electrons. The van der Waals surface area contributed by atoms with Gasteiger partial charge in [-0.05, 0) is 24.3 Å². The number of carbonyl (C=O) groups excluding carboxylic acids is 3. The zero-order valence-electron chi connectivity index (χ0n) is 14.5. The van der Waals surface area contributed by atoms with Crippen LogP contribution in [-0.2, 0) is 0 Å². The molecule has 134 valence electrons. The molecule has 0 N–H and O–H groups in total. The zero-order valence-corrected chi connectivity index (χ0v) is 15.2. The Morgan fingerprint density at radius 1 is 0.630 bits per heavy atom. The topological polar surface area (TPSA) is 51.2 Å². The van der Waals surface area contributed by atoms with E-state index in [0.29, 0.717) is 21.7 Å². The minimum Gasteiger partial charge on any atom is -0.294 e. The average Bonchev–Trinajstić information content (AvgIpc) is 2.72. The van der Waals surface area contributed by atoms with E-state index >= 15 is 0 Å². The predicted octanol–water partition coefficient (Wildman–Crippen LogP) is 5.29. The van der Waals surface area contributed by atoms with E-state index in [0.717, 1.165) is 0 Å². The Hall–Kier alpha value is -3.04. The molecule has 3 aromatic carbocycles. The number of carbonyl (C=O) groups is 3. The summed E-state index contributed by atoms with van der Waals surface area (Å²) in [7, 11) is 0. The zero-order chi connectivity index (χ0) is 19.2. The lowest BCUT2D eigenvalue weighted by Crippen LogP contribution is -2.27. The standard InChI is InChI=1S/C23H17ClO3/c24-19-13-11-16(12-14-19)21(25)15-20(22(26)17-7-3-1-4-8-17)23(27)18-9-5-2-6-10-18/h1-14,20H,15H2. The van der Waals surface area contributed by atoms with Crippen LogP contribution in [-0.4, -0.2) is 17.3 Å². The van der Waals surface area contributed by atoms with Gasteiger partial charge in [-0.1, -0.05) is 72.3 Å². The molecule has 0 amide bonds. The van der Waals surface area contributed by atoms with Crippen molar-refractivity contribution in [1.82, 2.24) is 0 Å². The second-order valence-electron chi connectivity index (χ2n) is 6.15. The van der Waals surface area contributed by atoms with Crippen molar-refractivity contribution in [3.05, 3.63) is 107 Å². The van der Waals surface area contributed by atoms with Gasteiger partial charge in [0.1, 0.15) is 0 Å². The third kappa shape index (κ3) is 4.57. The van der Waals surface area contributed by atoms with Crippen molar-refractivity contribution in [2.45, 2.75) is 6.42 Å². The second-order valence-corrected chi connectivity index (χ2v) is 6.58. The fourth-order valence-electron chi connectivity index (χ4n) is 2.85. The smallest absolute Gasteiger partial charge is 0.174 e. The van der Waals surface area contributed by atoms with Gasteiger partial charge in [0.2, 0.25) is 0 Å². The van der Waals surface area contributed by atoms with Gasteiger partial charge in [0.15, 0.2) is 17.3 Å². The van der Waals surface area contributed by atoms with E-state index in [1.165, 1.54) is 0 Å². The van der Waals surface area contributed by atoms with Crippen LogP contribution in [0.15, 0.2) is 84.9 Å². The van der Waals surface area contributed by atoms with E-state index in [2.05, 4.69) is 0 Å². The summed E-state index contributed by atoms with van der Waals surface area (Å²) in [5.74, 6) is -2.05. The Morgan fingerprint density at radius 3 is 1.52 bits per heavy atom. The fraction of sp³-hybridized carbons (Fsp3) is 0.0870. The monoisotopic (exact) mass is 376 g/mol. The predicted molar refractivity (Wildman–Crippen MR) is 105 cm³/mol. The van der Waals surface area contributed by atoms with Crippen molar-refractivity contribution in [3.63, 3.8) is 0 Å². The summed E-state index contributed by atoms with van der Waals surface area (Å²) in [6.07, 6.45) is -0.191. The lowest BCUT2D eigenvalue weighted by molar-refractivity contribution is 0.0760. The molecule has 0 fully saturated rings. The summed E-state index contributed by atoms with van der Waals surface area (Å²) in [5, 5.41) is 0.517. The van der Waals surface area contributed by atoms with E-state index in [4.69, 9.17) is 11.6 Å². The molecule has 0 aliphatic carbocycles. The van der Waals surface area contributed by atoms with Crippen LogP contribution >= 0.6 is 11.6 Å². The number of rotatable bonds is 7. The molecule has 3 rings (SSSR count). The van der Waals surface area contributed by atoms with Gasteiger partial charge in [0.05, 0.1) is 5.92 Å². The molecule has 0 aliphatic rings. The molecule has 0 heterocycles. The lowest BCUT2D eigenvalue weighted by atomic mass is 9.85. The van der Waals surface area contributed by atoms with E-state index in [1.807, 2.05) is 0 Å². The first-order valence-corrected chi connectivity index (χ1v) is 8.91. The highest BCUT2D eigenvalue weighted by atomic mass is 35.5. The van der Waals surface area contributed by atoms with Crippen molar-refractivity contribution in [2.75, 3.05) is 0 Å². The van der Waals surface area contributed by atoms with Crippen LogP contribution in [0.3, 0.4) is 0 Å². The Kier molecular flexibility index (Phi) is 5.94. The first-order chi connectivity index (χ1) is 13.1. The molecule has 4 heteroatoms. The summed E-state index contributed by atoms with van der Waals surface area (Å²) in [5.41, 5.74) is 1.25. The third-order valence-electron chi connectivity index (χ3n) is 4.31. The van der Waals surface area contributed by atoms with Gasteiger partial charge in [-0.2, -0.15) is 0 Å². The van der Waals surface area contributed by atoms with Crippen molar-refractivity contribution >= 4 is 29.0 Å². The van der Waals surface area contributed by atoms with Gasteiger partial charge in [-0.3, -0.25) is 14.4 Å². The second kappa shape index (κ2) is 8.56. The van der Waals surface area contributed by atoms with Crippen LogP contribution < -0.4 is 0 Å². The SMILES string of the molecule is O=C(CC(C(=O)c1ccccc1)C(=O)c1ccccc1)c1ccc(Cl)cc1. The Bertz CT molecular complexity index is 896. The summed E-state index contributed by atoms with van der Waals surface area (Å²) >= 11 is 5.86. The maximum atomic E-state index is 13.0. The quantitative estimate of drug-likeness (QED) is 0.415. The first kappa shape index (κ1) is 18.7. The molecular weight excluding hydrogens is 360 g/mol. The molecule has 0 aromatic heterocycles. The van der Waals surface area contributed by atoms with Gasteiger partial charge < -0.3 is 0 Å². The third-order valence-corrected chi connectivity index (χ3v) is 4.56. The molecule has 0 spiro atoms. The normalized spacial score (nSPS) is 10.6. The number of ketones is 3. The van der Waals surface area contributed by atoms with E-state index in [-0.39, 0.29) is 23.8 Å². The van der Waals surface area contributed by atoms with Gasteiger partial charge in [0, 0.05) is 28.1 Å². The Balaban J connectivity index is 1.92. The fourth-order valence-corrected chi connectivity index (χ4v) is 2.98. The molecule has 27 heavy (non-hydrogen) atoms. The van der Waals surface area contributed by atoms with Crippen molar-refractivity contribution in [3.8, 4) is 0 Å². The van der Waals surface area contributed by atoms with E-state index < -0.39 is 5.92 Å². The molecule has 3 nitrogen and oxygen atoms in total. The number of hydrogen-bond donors (Lipinski definition) is 0. The molecular formula is C23H17ClO3. The van der Waals surface area contributed by atoms with Gasteiger partial charge in [-0.15, -0.1) is 0 Å². The van der Waals surface area contributed by atoms with Crippen LogP contribution in [0, 0.1) is 5.92 Å². The molecule has 3 aromatic rings. The summed E-state index contributed by atoms with van der Waals surface area (Å²) < 4.78 is 0. The van der Waals surface area contributed by atoms with Crippen LogP contribution in [0.4, 0.5) is 0 Å². The minimum atomic E-state index is -1.07. The number of halogens is 1. The highest BCUT2D eigenvalue weighted by Gasteiger charge is 2.31. The van der Waals surface area contributed by atoms with Crippen molar-refractivity contribution in [2.24, 2.45) is 5.92 Å². The highest BCUT2D eigenvalue weighted by Crippen LogP contribution is 2.21. The highest BCUT2D eigenvalue weighted by molar-refractivity contribution is 6.30. The average molecular weight is 377 g/mol. The van der Waals surface area contributed by atoms with E-state index in [9.17, 15) is 14.4 Å². The van der Waals surface area contributed by atoms with E-state index in [1.54, 1.807) is 84.9 Å². The lowest BCUT2D eigenvalue weighted by Gasteiger charge is -2.15. The maximum absolute atomic E-state index is 13.0. The maximum Gasteiger partial charge on any atom is 0.174 e. The largest absolute Gasteiger partial charge is 0.294 e. The summed E-state index contributed by atoms with van der Waals surface area (Å²) in [6.45, 7) is 0. The number of Topliss-reactive ketones (excluding diaryl/α,β-unsaturated/α-hetero) is 3. The van der Waals surface area contributed by atoms with Crippen LogP contribution in [0.5, 0.6) is 0 Å². The molecule has 0 saturated carbocycles. The van der Waals surface area contributed by atoms with Gasteiger partial charge in [-0.25, -0.2) is 0 Å². The number of benzene rings is 3. The Labute approximate surface area is 162 Å². The van der Waals surface area contributed by atoms with Crippen molar-refractivity contribution < 1.29 is 14.4 Å².